The second-order valence-electron chi connectivity index (χ2n) is 7.81. The predicted octanol–water partition coefficient (Wildman–Crippen LogP) is 4.79. The van der Waals surface area contributed by atoms with Gasteiger partial charge >= 0.3 is 0 Å². The van der Waals surface area contributed by atoms with Crippen LogP contribution in [0.4, 0.5) is 10.1 Å². The summed E-state index contributed by atoms with van der Waals surface area (Å²) in [4.78, 5) is 20.5. The number of pyridine rings is 1. The summed E-state index contributed by atoms with van der Waals surface area (Å²) in [6, 6.07) is 10.9. The van der Waals surface area contributed by atoms with Gasteiger partial charge in [-0.25, -0.2) is 17.8 Å². The van der Waals surface area contributed by atoms with E-state index < -0.39 is 21.6 Å². The van der Waals surface area contributed by atoms with Crippen LogP contribution in [0.2, 0.25) is 5.02 Å². The molecule has 35 heavy (non-hydrogen) atoms. The highest BCUT2D eigenvalue weighted by molar-refractivity contribution is 7.92. The first-order valence-corrected chi connectivity index (χ1v) is 12.2. The van der Waals surface area contributed by atoms with Gasteiger partial charge in [-0.1, -0.05) is 17.7 Å². The van der Waals surface area contributed by atoms with Gasteiger partial charge in [0.05, 0.1) is 16.7 Å². The van der Waals surface area contributed by atoms with E-state index in [2.05, 4.69) is 19.8 Å². The van der Waals surface area contributed by atoms with Crippen molar-refractivity contribution < 1.29 is 17.6 Å². The van der Waals surface area contributed by atoms with Crippen LogP contribution in [-0.4, -0.2) is 33.9 Å². The highest BCUT2D eigenvalue weighted by Gasteiger charge is 2.21. The molecule has 0 bridgehead atoms. The molecule has 0 saturated heterocycles. The molecule has 0 aliphatic rings. The molecule has 0 radical (unpaired) electrons. The van der Waals surface area contributed by atoms with Gasteiger partial charge in [0, 0.05) is 58.4 Å². The molecular formula is C24H17ClFN5O3S. The molecule has 5 rings (SSSR count). The first-order valence-electron chi connectivity index (χ1n) is 10.3. The average molecular weight is 510 g/mol. The molecule has 2 N–H and O–H groups in total. The lowest BCUT2D eigenvalue weighted by atomic mass is 10.0. The molecule has 3 heterocycles. The summed E-state index contributed by atoms with van der Waals surface area (Å²) in [5, 5.41) is 4.90. The zero-order valence-corrected chi connectivity index (χ0v) is 19.7. The lowest BCUT2D eigenvalue weighted by molar-refractivity contribution is 0.103. The number of sulfonamides is 1. The normalized spacial score (nSPS) is 11.6. The third kappa shape index (κ3) is 4.41. The number of ketones is 1. The summed E-state index contributed by atoms with van der Waals surface area (Å²) in [6.07, 6.45) is 6.59. The van der Waals surface area contributed by atoms with Crippen molar-refractivity contribution in [2.45, 2.75) is 4.90 Å². The van der Waals surface area contributed by atoms with Crippen LogP contribution < -0.4 is 4.72 Å². The number of hydrogen-bond acceptors (Lipinski definition) is 5. The van der Waals surface area contributed by atoms with Crippen LogP contribution in [0.1, 0.15) is 15.9 Å². The smallest absolute Gasteiger partial charge is 0.261 e. The summed E-state index contributed by atoms with van der Waals surface area (Å²) in [5.74, 6) is -1.41. The van der Waals surface area contributed by atoms with Gasteiger partial charge in [0.2, 0.25) is 0 Å². The SMILES string of the molecule is Cn1cc(-c2cnc3[nH]cc(C(=O)c4cc(NS(=O)(=O)c5cccc(Cl)c5)ccc4F)c3c2)cn1. The van der Waals surface area contributed by atoms with Gasteiger partial charge in [-0.05, 0) is 42.5 Å². The van der Waals surface area contributed by atoms with Crippen LogP contribution in [0.5, 0.6) is 0 Å². The lowest BCUT2D eigenvalue weighted by Crippen LogP contribution is -2.14. The predicted molar refractivity (Wildman–Crippen MR) is 130 cm³/mol. The van der Waals surface area contributed by atoms with Gasteiger partial charge in [0.25, 0.3) is 10.0 Å². The monoisotopic (exact) mass is 509 g/mol. The maximum atomic E-state index is 14.7. The Bertz CT molecular complexity index is 1710. The van der Waals surface area contributed by atoms with Crippen molar-refractivity contribution in [2.75, 3.05) is 4.72 Å². The molecule has 5 aromatic rings. The van der Waals surface area contributed by atoms with E-state index in [1.807, 2.05) is 6.20 Å². The Morgan fingerprint density at radius 1 is 1.09 bits per heavy atom. The van der Waals surface area contributed by atoms with E-state index in [-0.39, 0.29) is 26.7 Å². The maximum absolute atomic E-state index is 14.7. The van der Waals surface area contributed by atoms with Gasteiger partial charge in [-0.15, -0.1) is 0 Å². The molecule has 0 aliphatic carbocycles. The van der Waals surface area contributed by atoms with Crippen molar-refractivity contribution in [1.29, 1.82) is 0 Å². The molecule has 3 aromatic heterocycles. The van der Waals surface area contributed by atoms with Crippen LogP contribution in [0, 0.1) is 5.82 Å². The van der Waals surface area contributed by atoms with E-state index in [9.17, 15) is 17.6 Å². The third-order valence-electron chi connectivity index (χ3n) is 5.38. The van der Waals surface area contributed by atoms with E-state index in [0.717, 1.165) is 23.3 Å². The molecule has 0 spiro atoms. The molecule has 0 unspecified atom stereocenters. The second kappa shape index (κ2) is 8.64. The first kappa shape index (κ1) is 22.8. The number of H-pyrrole nitrogens is 1. The fourth-order valence-electron chi connectivity index (χ4n) is 3.68. The standard InChI is InChI=1S/C24H17ClFN5O3S/c1-31-13-15(11-29-31)14-7-19-21(12-28-24(19)27-10-14)23(32)20-9-17(5-6-22(20)26)30-35(33,34)18-4-2-3-16(25)8-18/h2-13,30H,1H3,(H,27,28). The second-order valence-corrected chi connectivity index (χ2v) is 9.93. The summed E-state index contributed by atoms with van der Waals surface area (Å²) in [6.45, 7) is 0. The Morgan fingerprint density at radius 2 is 1.91 bits per heavy atom. The van der Waals surface area contributed by atoms with E-state index in [4.69, 9.17) is 11.6 Å². The van der Waals surface area contributed by atoms with E-state index in [1.54, 1.807) is 36.3 Å². The number of anilines is 1. The van der Waals surface area contributed by atoms with Crippen molar-refractivity contribution in [3.8, 4) is 11.1 Å². The number of aromatic amines is 1. The Kier molecular flexibility index (Phi) is 5.62. The zero-order chi connectivity index (χ0) is 24.7. The van der Waals surface area contributed by atoms with Crippen LogP contribution in [0.25, 0.3) is 22.2 Å². The molecule has 0 saturated carbocycles. The minimum Gasteiger partial charge on any atom is -0.345 e. The number of nitrogens with one attached hydrogen (secondary N) is 2. The van der Waals surface area contributed by atoms with Crippen molar-refractivity contribution >= 4 is 44.1 Å². The van der Waals surface area contributed by atoms with E-state index in [0.29, 0.717) is 11.0 Å². The molecule has 2 aromatic carbocycles. The molecule has 11 heteroatoms. The van der Waals surface area contributed by atoms with Gasteiger partial charge in [0.15, 0.2) is 5.78 Å². The Balaban J connectivity index is 1.51. The van der Waals surface area contributed by atoms with Crippen molar-refractivity contribution in [3.05, 3.63) is 95.3 Å². The van der Waals surface area contributed by atoms with Crippen molar-refractivity contribution in [2.24, 2.45) is 7.05 Å². The minimum absolute atomic E-state index is 0.0312. The number of benzene rings is 2. The summed E-state index contributed by atoms with van der Waals surface area (Å²) in [5.41, 5.74) is 1.95. The Morgan fingerprint density at radius 3 is 2.66 bits per heavy atom. The summed E-state index contributed by atoms with van der Waals surface area (Å²) in [7, 11) is -2.22. The maximum Gasteiger partial charge on any atom is 0.261 e. The number of rotatable bonds is 6. The number of hydrogen-bond donors (Lipinski definition) is 2. The highest BCUT2D eigenvalue weighted by Crippen LogP contribution is 2.28. The van der Waals surface area contributed by atoms with Crippen molar-refractivity contribution in [3.63, 3.8) is 0 Å². The molecule has 8 nitrogen and oxygen atoms in total. The fraction of sp³-hybridized carbons (Fsp3) is 0.0417. The number of aromatic nitrogens is 4. The Hall–Kier alpha value is -4.02. The van der Waals surface area contributed by atoms with Crippen molar-refractivity contribution in [1.82, 2.24) is 19.7 Å². The van der Waals surface area contributed by atoms with E-state index in [1.165, 1.54) is 30.5 Å². The molecule has 176 valence electrons. The van der Waals surface area contributed by atoms with Crippen LogP contribution in [-0.2, 0) is 17.1 Å². The van der Waals surface area contributed by atoms with Crippen LogP contribution in [0.15, 0.2) is 78.2 Å². The van der Waals surface area contributed by atoms with Gasteiger partial charge in [0.1, 0.15) is 11.5 Å². The molecule has 0 fully saturated rings. The molecule has 0 amide bonds. The van der Waals surface area contributed by atoms with Gasteiger partial charge in [-0.2, -0.15) is 5.10 Å². The number of carbonyl (C=O) groups excluding carboxylic acids is 1. The first-order chi connectivity index (χ1) is 16.7. The van der Waals surface area contributed by atoms with Gasteiger partial charge in [-0.3, -0.25) is 14.2 Å². The zero-order valence-electron chi connectivity index (χ0n) is 18.2. The molecule has 0 aliphatic heterocycles. The van der Waals surface area contributed by atoms with E-state index >= 15 is 0 Å². The number of halogens is 2. The average Bonchev–Trinajstić information content (AvgIpc) is 3.45. The summed E-state index contributed by atoms with van der Waals surface area (Å²) < 4.78 is 44.2. The number of carbonyl (C=O) groups is 1. The van der Waals surface area contributed by atoms with Crippen LogP contribution >= 0.6 is 11.6 Å². The van der Waals surface area contributed by atoms with Crippen LogP contribution in [0.3, 0.4) is 0 Å². The number of fused-ring (bicyclic) bond motifs is 1. The van der Waals surface area contributed by atoms with Gasteiger partial charge < -0.3 is 4.98 Å². The fourth-order valence-corrected chi connectivity index (χ4v) is 5.03. The Labute approximate surface area is 204 Å². The number of nitrogens with zero attached hydrogens (tertiary/aromatic N) is 3. The molecular weight excluding hydrogens is 493 g/mol. The lowest BCUT2D eigenvalue weighted by Gasteiger charge is -2.10. The number of aryl methyl sites for hydroxylation is 1. The highest BCUT2D eigenvalue weighted by atomic mass is 35.5. The quantitative estimate of drug-likeness (QED) is 0.320. The minimum atomic E-state index is -4.01. The largest absolute Gasteiger partial charge is 0.345 e. The molecule has 0 atom stereocenters. The summed E-state index contributed by atoms with van der Waals surface area (Å²) >= 11 is 5.90. The topological polar surface area (TPSA) is 110 Å². The third-order valence-corrected chi connectivity index (χ3v) is 7.00.